The number of nitro groups is 1. The van der Waals surface area contributed by atoms with E-state index in [0.29, 0.717) is 48.7 Å². The van der Waals surface area contributed by atoms with Crippen LogP contribution in [0.2, 0.25) is 30.1 Å². The molecule has 3 aromatic carbocycles. The van der Waals surface area contributed by atoms with E-state index in [1.807, 2.05) is 27.7 Å². The molecular formula is C29H27Cl6N3O8. The second-order valence-electron chi connectivity index (χ2n) is 10.0. The number of hydrogen-bond donors (Lipinski definition) is 2. The molecule has 248 valence electrons. The summed E-state index contributed by atoms with van der Waals surface area (Å²) in [6.07, 6.45) is 1.18. The lowest BCUT2D eigenvalue weighted by Crippen LogP contribution is -2.21. The number of halogens is 6. The van der Waals surface area contributed by atoms with Gasteiger partial charge in [0.2, 0.25) is 11.6 Å². The number of nitro benzene ring substituents is 1. The molecule has 0 aliphatic carbocycles. The van der Waals surface area contributed by atoms with Crippen LogP contribution in [0.1, 0.15) is 53.0 Å². The molecule has 46 heavy (non-hydrogen) atoms. The van der Waals surface area contributed by atoms with Gasteiger partial charge in [-0.1, -0.05) is 76.5 Å². The number of nitrogens with zero attached hydrogens (tertiary/aromatic N) is 3. The number of benzene rings is 3. The Morgan fingerprint density at radius 3 is 1.96 bits per heavy atom. The Labute approximate surface area is 293 Å². The molecule has 5 rings (SSSR count). The van der Waals surface area contributed by atoms with Gasteiger partial charge in [0.1, 0.15) is 22.7 Å². The molecule has 1 unspecified atom stereocenters. The summed E-state index contributed by atoms with van der Waals surface area (Å²) in [7, 11) is 0. The molecule has 0 aliphatic rings. The minimum Gasteiger partial charge on any atom is -0.501 e. The molecule has 0 aliphatic heterocycles. The van der Waals surface area contributed by atoms with Crippen LogP contribution < -0.4 is 0 Å². The zero-order valence-corrected chi connectivity index (χ0v) is 29.3. The maximum atomic E-state index is 10.3. The molecule has 11 nitrogen and oxygen atoms in total. The minimum absolute atomic E-state index is 0.115. The predicted octanol–water partition coefficient (Wildman–Crippen LogP) is 10.7. The first-order chi connectivity index (χ1) is 21.3. The lowest BCUT2D eigenvalue weighted by molar-refractivity contribution is -0.385. The number of aromatic nitrogens is 2. The summed E-state index contributed by atoms with van der Waals surface area (Å²) < 4.78 is 15.2. The van der Waals surface area contributed by atoms with Gasteiger partial charge in [-0.2, -0.15) is 0 Å². The van der Waals surface area contributed by atoms with Crippen LogP contribution in [-0.2, 0) is 9.53 Å². The number of carbonyl (C=O) groups excluding carboxylic acids is 1. The van der Waals surface area contributed by atoms with Gasteiger partial charge >= 0.3 is 11.7 Å². The molecule has 2 heterocycles. The fraction of sp³-hybridized carbons (Fsp3) is 0.276. The highest BCUT2D eigenvalue weighted by molar-refractivity contribution is 6.38. The summed E-state index contributed by atoms with van der Waals surface area (Å²) in [5.41, 5.74) is 1.47. The van der Waals surface area contributed by atoms with E-state index in [1.54, 1.807) is 24.3 Å². The largest absolute Gasteiger partial charge is 0.501 e. The highest BCUT2D eigenvalue weighted by Crippen LogP contribution is 2.36. The topological polar surface area (TPSA) is 162 Å². The molecule has 0 bridgehead atoms. The van der Waals surface area contributed by atoms with Crippen molar-refractivity contribution in [2.24, 2.45) is 0 Å². The van der Waals surface area contributed by atoms with Gasteiger partial charge in [0.15, 0.2) is 17.6 Å². The average molecular weight is 758 g/mol. The second-order valence-corrected chi connectivity index (χ2v) is 12.5. The molecule has 0 spiro atoms. The van der Waals surface area contributed by atoms with Gasteiger partial charge in [-0.05, 0) is 57.5 Å². The van der Waals surface area contributed by atoms with E-state index in [1.165, 1.54) is 19.4 Å². The lowest BCUT2D eigenvalue weighted by atomic mass is 10.2. The first-order valence-electron chi connectivity index (χ1n) is 13.0. The molecule has 0 saturated heterocycles. The van der Waals surface area contributed by atoms with Crippen LogP contribution >= 0.6 is 69.6 Å². The number of ether oxygens (including phenoxy) is 1. The smallest absolute Gasteiger partial charge is 0.313 e. The van der Waals surface area contributed by atoms with Crippen LogP contribution in [0.25, 0.3) is 22.2 Å². The summed E-state index contributed by atoms with van der Waals surface area (Å²) in [6.45, 7) is 8.77. The fourth-order valence-electron chi connectivity index (χ4n) is 3.31. The number of esters is 1. The van der Waals surface area contributed by atoms with E-state index in [0.717, 1.165) is 6.07 Å². The van der Waals surface area contributed by atoms with Crippen molar-refractivity contribution in [3.05, 3.63) is 88.9 Å². The maximum absolute atomic E-state index is 10.3. The number of phenols is 1. The Morgan fingerprint density at radius 2 is 1.46 bits per heavy atom. The molecule has 2 N–H and O–H groups in total. The summed E-state index contributed by atoms with van der Waals surface area (Å²) in [4.78, 5) is 27.8. The maximum Gasteiger partial charge on any atom is 0.313 e. The van der Waals surface area contributed by atoms with Gasteiger partial charge in [0.05, 0.1) is 20.0 Å². The summed E-state index contributed by atoms with van der Waals surface area (Å²) in [5.74, 6) is -0.514. The molecular weight excluding hydrogens is 731 g/mol. The Morgan fingerprint density at radius 1 is 0.935 bits per heavy atom. The van der Waals surface area contributed by atoms with Crippen molar-refractivity contribution in [1.82, 2.24) is 9.97 Å². The number of rotatable bonds is 3. The Hall–Kier alpha value is -3.03. The Kier molecular flexibility index (Phi) is 14.7. The van der Waals surface area contributed by atoms with Gasteiger partial charge in [0.25, 0.3) is 0 Å². The van der Waals surface area contributed by atoms with Crippen LogP contribution in [0.4, 0.5) is 5.69 Å². The van der Waals surface area contributed by atoms with Gasteiger partial charge in [-0.3, -0.25) is 14.9 Å². The predicted molar refractivity (Wildman–Crippen MR) is 180 cm³/mol. The van der Waals surface area contributed by atoms with Gasteiger partial charge in [-0.25, -0.2) is 9.97 Å². The van der Waals surface area contributed by atoms with Gasteiger partial charge < -0.3 is 23.8 Å². The molecule has 1 atom stereocenters. The van der Waals surface area contributed by atoms with E-state index in [2.05, 4.69) is 9.97 Å². The van der Waals surface area contributed by atoms with E-state index < -0.39 is 22.5 Å². The van der Waals surface area contributed by atoms with Crippen molar-refractivity contribution >= 4 is 103 Å². The molecule has 0 fully saturated rings. The summed E-state index contributed by atoms with van der Waals surface area (Å²) in [5, 5.41) is 30.8. The molecule has 2 aromatic heterocycles. The Balaban J connectivity index is 0.000000219. The van der Waals surface area contributed by atoms with E-state index in [9.17, 15) is 20.0 Å². The van der Waals surface area contributed by atoms with Crippen molar-refractivity contribution in [2.45, 2.75) is 52.7 Å². The quantitative estimate of drug-likeness (QED) is 0.103. The van der Waals surface area contributed by atoms with Crippen molar-refractivity contribution in [3.63, 3.8) is 0 Å². The number of aromatic hydroxyl groups is 1. The highest BCUT2D eigenvalue weighted by Gasteiger charge is 2.18. The number of hydrogen-bond acceptors (Lipinski definition) is 10. The molecule has 17 heteroatoms. The zero-order valence-electron chi connectivity index (χ0n) is 24.8. The van der Waals surface area contributed by atoms with Crippen molar-refractivity contribution in [1.29, 1.82) is 0 Å². The van der Waals surface area contributed by atoms with Crippen LogP contribution in [0, 0.1) is 10.1 Å². The first kappa shape index (κ1) is 39.1. The lowest BCUT2D eigenvalue weighted by Gasteiger charge is -2.17. The van der Waals surface area contributed by atoms with Gasteiger partial charge in [0, 0.05) is 28.1 Å². The number of fused-ring (bicyclic) bond motifs is 2. The first-order valence-corrected chi connectivity index (χ1v) is 15.2. The molecule has 0 amide bonds. The average Bonchev–Trinajstić information content (AvgIpc) is 3.57. The molecule has 0 saturated carbocycles. The third-order valence-electron chi connectivity index (χ3n) is 5.10. The summed E-state index contributed by atoms with van der Waals surface area (Å²) in [6, 6.07) is 8.81. The third kappa shape index (κ3) is 12.0. The van der Waals surface area contributed by atoms with E-state index >= 15 is 0 Å². The molecule has 0 radical (unpaired) electrons. The van der Waals surface area contributed by atoms with Crippen LogP contribution in [0.5, 0.6) is 5.75 Å². The van der Waals surface area contributed by atoms with Crippen LogP contribution in [0.15, 0.2) is 51.6 Å². The minimum atomic E-state index is -0.757. The van der Waals surface area contributed by atoms with Crippen molar-refractivity contribution in [2.75, 3.05) is 0 Å². The number of aliphatic hydroxyl groups is 1. The fourth-order valence-corrected chi connectivity index (χ4v) is 4.84. The summed E-state index contributed by atoms with van der Waals surface area (Å²) >= 11 is 34.1. The van der Waals surface area contributed by atoms with Crippen LogP contribution in [-0.4, -0.2) is 36.7 Å². The number of aliphatic hydroxyl groups excluding tert-OH is 1. The number of phenolic OH excluding ortho intramolecular Hbond substituents is 1. The SMILES string of the molecule is CC(=O)OC(C)(C)C.CCC(O)c1nc2cc(Cl)cc(Cl)c2o1.Clc1cc(Cl)c2ocnc2c1.O=[N+]([O-])c1cc(Cl)cc(Cl)c1O. The zero-order chi connectivity index (χ0) is 34.9. The highest BCUT2D eigenvalue weighted by atomic mass is 35.5. The van der Waals surface area contributed by atoms with Crippen LogP contribution in [0.3, 0.4) is 0 Å². The normalized spacial score (nSPS) is 11.4. The third-order valence-corrected chi connectivity index (χ3v) is 6.61. The van der Waals surface area contributed by atoms with Crippen molar-refractivity contribution < 1.29 is 33.5 Å². The monoisotopic (exact) mass is 755 g/mol. The standard InChI is InChI=1S/C10H9Cl2NO2.C7H3Cl2NO.C6H3Cl2NO3.C6H12O2/c1-2-8(14)10-13-7-4-5(11)3-6(12)9(7)15-10;8-4-1-5(9)7-6(2-4)10-3-11-7;7-3-1-4(8)6(10)5(2-3)9(11)12;1-5(7)8-6(2,3)4/h3-4,8,14H,2H2,1H3;1-3H;1-2,10H;1-4H3. The number of oxazole rings is 2. The van der Waals surface area contributed by atoms with Crippen molar-refractivity contribution in [3.8, 4) is 5.75 Å². The van der Waals surface area contributed by atoms with Gasteiger partial charge in [-0.15, -0.1) is 0 Å². The van der Waals surface area contributed by atoms with E-state index in [-0.39, 0.29) is 27.5 Å². The van der Waals surface area contributed by atoms with E-state index in [4.69, 9.17) is 88.3 Å². The number of carbonyl (C=O) groups is 1. The Bertz CT molecular complexity index is 1820. The second kappa shape index (κ2) is 17.2. The molecule has 5 aromatic rings.